The van der Waals surface area contributed by atoms with Crippen LogP contribution in [0.15, 0.2) is 18.2 Å². The molecule has 0 saturated heterocycles. The van der Waals surface area contributed by atoms with Crippen LogP contribution in [0.5, 0.6) is 5.75 Å². The molecule has 1 aromatic rings. The topological polar surface area (TPSA) is 84.6 Å². The van der Waals surface area contributed by atoms with E-state index < -0.39 is 0 Å². The number of ether oxygens (including phenoxy) is 1. The molecule has 0 aliphatic heterocycles. The summed E-state index contributed by atoms with van der Waals surface area (Å²) < 4.78 is 5.01. The van der Waals surface area contributed by atoms with Crippen LogP contribution in [-0.4, -0.2) is 30.8 Å². The highest BCUT2D eigenvalue weighted by molar-refractivity contribution is 5.95. The molecule has 0 aliphatic carbocycles. The minimum absolute atomic E-state index is 0.106. The van der Waals surface area contributed by atoms with Gasteiger partial charge in [0.05, 0.1) is 13.7 Å². The molecule has 16 heavy (non-hydrogen) atoms. The van der Waals surface area contributed by atoms with Crippen molar-refractivity contribution in [1.29, 1.82) is 0 Å². The quantitative estimate of drug-likeness (QED) is 0.646. The minimum atomic E-state index is -0.292. The third kappa shape index (κ3) is 3.13. The molecular formula is C11H16N2O3. The fraction of sp³-hybridized carbons (Fsp3) is 0.364. The van der Waals surface area contributed by atoms with Gasteiger partial charge in [0.2, 0.25) is 0 Å². The summed E-state index contributed by atoms with van der Waals surface area (Å²) in [5, 5.41) is 11.4. The molecule has 4 N–H and O–H groups in total. The summed E-state index contributed by atoms with van der Waals surface area (Å²) in [6.07, 6.45) is 0. The van der Waals surface area contributed by atoms with E-state index in [9.17, 15) is 4.79 Å². The number of aliphatic hydroxyl groups excluding tert-OH is 1. The number of aliphatic hydroxyl groups is 1. The molecule has 1 atom stereocenters. The standard InChI is InChI=1S/C11H16N2O3/c1-7(6-14)13-11(15)8-3-9(12)5-10(4-8)16-2/h3-5,7,14H,6,12H2,1-2H3,(H,13,15)/t7-/m1/s1. The van der Waals surface area contributed by atoms with Crippen molar-refractivity contribution in [2.45, 2.75) is 13.0 Å². The van der Waals surface area contributed by atoms with Crippen molar-refractivity contribution >= 4 is 11.6 Å². The van der Waals surface area contributed by atoms with Crippen LogP contribution in [0.25, 0.3) is 0 Å². The fourth-order valence-electron chi connectivity index (χ4n) is 1.22. The number of amides is 1. The molecule has 1 aromatic carbocycles. The Bertz CT molecular complexity index is 379. The summed E-state index contributed by atoms with van der Waals surface area (Å²) >= 11 is 0. The maximum atomic E-state index is 11.7. The molecule has 5 heteroatoms. The number of nitrogens with two attached hydrogens (primary N) is 1. The van der Waals surface area contributed by atoms with E-state index in [1.807, 2.05) is 0 Å². The molecule has 0 saturated carbocycles. The highest BCUT2D eigenvalue weighted by Gasteiger charge is 2.10. The number of nitrogens with one attached hydrogen (secondary N) is 1. The average Bonchev–Trinajstić information content (AvgIpc) is 2.27. The molecule has 88 valence electrons. The lowest BCUT2D eigenvalue weighted by Crippen LogP contribution is -2.35. The number of rotatable bonds is 4. The van der Waals surface area contributed by atoms with Gasteiger partial charge in [-0.05, 0) is 19.1 Å². The number of benzene rings is 1. The third-order valence-corrected chi connectivity index (χ3v) is 2.08. The van der Waals surface area contributed by atoms with Gasteiger partial charge in [-0.3, -0.25) is 4.79 Å². The van der Waals surface area contributed by atoms with E-state index in [1.54, 1.807) is 25.1 Å². The van der Waals surface area contributed by atoms with Crippen molar-refractivity contribution in [1.82, 2.24) is 5.32 Å². The Morgan fingerprint density at radius 1 is 1.56 bits per heavy atom. The van der Waals surface area contributed by atoms with Crippen LogP contribution in [0.3, 0.4) is 0 Å². The Balaban J connectivity index is 2.86. The molecule has 0 unspecified atom stereocenters. The van der Waals surface area contributed by atoms with Crippen molar-refractivity contribution < 1.29 is 14.6 Å². The van der Waals surface area contributed by atoms with Gasteiger partial charge >= 0.3 is 0 Å². The average molecular weight is 224 g/mol. The lowest BCUT2D eigenvalue weighted by Gasteiger charge is -2.11. The Morgan fingerprint density at radius 3 is 2.81 bits per heavy atom. The molecule has 0 fully saturated rings. The van der Waals surface area contributed by atoms with E-state index >= 15 is 0 Å². The van der Waals surface area contributed by atoms with Gasteiger partial charge in [0.25, 0.3) is 5.91 Å². The molecule has 0 spiro atoms. The first-order valence-electron chi connectivity index (χ1n) is 4.93. The maximum Gasteiger partial charge on any atom is 0.251 e. The minimum Gasteiger partial charge on any atom is -0.497 e. The summed E-state index contributed by atoms with van der Waals surface area (Å²) in [4.78, 5) is 11.7. The largest absolute Gasteiger partial charge is 0.497 e. The lowest BCUT2D eigenvalue weighted by molar-refractivity contribution is 0.0922. The zero-order valence-electron chi connectivity index (χ0n) is 9.36. The first-order valence-corrected chi connectivity index (χ1v) is 4.93. The van der Waals surface area contributed by atoms with Crippen LogP contribution < -0.4 is 15.8 Å². The molecule has 0 bridgehead atoms. The van der Waals surface area contributed by atoms with Gasteiger partial charge in [0.15, 0.2) is 0 Å². The van der Waals surface area contributed by atoms with Gasteiger partial charge in [0, 0.05) is 23.4 Å². The summed E-state index contributed by atoms with van der Waals surface area (Å²) in [5.41, 5.74) is 6.50. The molecule has 0 heterocycles. The van der Waals surface area contributed by atoms with E-state index in [2.05, 4.69) is 5.32 Å². The van der Waals surface area contributed by atoms with Crippen LogP contribution in [0.2, 0.25) is 0 Å². The Kier molecular flexibility index (Phi) is 4.13. The SMILES string of the molecule is COc1cc(N)cc(C(=O)N[C@H](C)CO)c1. The summed E-state index contributed by atoms with van der Waals surface area (Å²) in [6, 6.07) is 4.49. The van der Waals surface area contributed by atoms with Crippen molar-refractivity contribution in [3.8, 4) is 5.75 Å². The molecule has 1 amide bonds. The van der Waals surface area contributed by atoms with Crippen LogP contribution >= 0.6 is 0 Å². The second-order valence-electron chi connectivity index (χ2n) is 3.55. The van der Waals surface area contributed by atoms with E-state index in [0.29, 0.717) is 17.0 Å². The Labute approximate surface area is 94.2 Å². The van der Waals surface area contributed by atoms with Gasteiger partial charge in [-0.2, -0.15) is 0 Å². The third-order valence-electron chi connectivity index (χ3n) is 2.08. The van der Waals surface area contributed by atoms with E-state index in [0.717, 1.165) is 0 Å². The lowest BCUT2D eigenvalue weighted by atomic mass is 10.1. The number of carbonyl (C=O) groups excluding carboxylic acids is 1. The van der Waals surface area contributed by atoms with Gasteiger partial charge in [-0.15, -0.1) is 0 Å². The number of methoxy groups -OCH3 is 1. The Hall–Kier alpha value is -1.75. The van der Waals surface area contributed by atoms with Crippen LogP contribution in [0.4, 0.5) is 5.69 Å². The van der Waals surface area contributed by atoms with Crippen LogP contribution in [-0.2, 0) is 0 Å². The molecule has 0 aliphatic rings. The normalized spacial score (nSPS) is 11.9. The first kappa shape index (κ1) is 12.3. The number of anilines is 1. The van der Waals surface area contributed by atoms with Crippen LogP contribution in [0, 0.1) is 0 Å². The number of nitrogen functional groups attached to an aromatic ring is 1. The zero-order chi connectivity index (χ0) is 12.1. The number of carbonyl (C=O) groups is 1. The monoisotopic (exact) mass is 224 g/mol. The molecular weight excluding hydrogens is 208 g/mol. The molecule has 1 rings (SSSR count). The predicted octanol–water partition coefficient (Wildman–Crippen LogP) is 0.388. The first-order chi connectivity index (χ1) is 7.56. The summed E-state index contributed by atoms with van der Waals surface area (Å²) in [5.74, 6) is 0.244. The molecule has 5 nitrogen and oxygen atoms in total. The van der Waals surface area contributed by atoms with E-state index in [4.69, 9.17) is 15.6 Å². The van der Waals surface area contributed by atoms with Gasteiger partial charge in [-0.1, -0.05) is 0 Å². The smallest absolute Gasteiger partial charge is 0.251 e. The second-order valence-corrected chi connectivity index (χ2v) is 3.55. The highest BCUT2D eigenvalue weighted by atomic mass is 16.5. The molecule has 0 radical (unpaired) electrons. The highest BCUT2D eigenvalue weighted by Crippen LogP contribution is 2.18. The number of hydrogen-bond donors (Lipinski definition) is 3. The van der Waals surface area contributed by atoms with E-state index in [-0.39, 0.29) is 18.6 Å². The van der Waals surface area contributed by atoms with Crippen molar-refractivity contribution in [2.75, 3.05) is 19.5 Å². The van der Waals surface area contributed by atoms with Crippen molar-refractivity contribution in [2.24, 2.45) is 0 Å². The van der Waals surface area contributed by atoms with Crippen molar-refractivity contribution in [3.63, 3.8) is 0 Å². The predicted molar refractivity (Wildman–Crippen MR) is 61.4 cm³/mol. The second kappa shape index (κ2) is 5.37. The fourth-order valence-corrected chi connectivity index (χ4v) is 1.22. The van der Waals surface area contributed by atoms with Crippen molar-refractivity contribution in [3.05, 3.63) is 23.8 Å². The van der Waals surface area contributed by atoms with Crippen LogP contribution in [0.1, 0.15) is 17.3 Å². The van der Waals surface area contributed by atoms with E-state index in [1.165, 1.54) is 7.11 Å². The number of hydrogen-bond acceptors (Lipinski definition) is 4. The summed E-state index contributed by atoms with van der Waals surface area (Å²) in [7, 11) is 1.51. The summed E-state index contributed by atoms with van der Waals surface area (Å²) in [6.45, 7) is 1.60. The van der Waals surface area contributed by atoms with Gasteiger partial charge in [-0.25, -0.2) is 0 Å². The maximum absolute atomic E-state index is 11.7. The van der Waals surface area contributed by atoms with Gasteiger partial charge < -0.3 is 20.9 Å². The van der Waals surface area contributed by atoms with Gasteiger partial charge in [0.1, 0.15) is 5.75 Å². The molecule has 0 aromatic heterocycles. The zero-order valence-corrected chi connectivity index (χ0v) is 9.36. The Morgan fingerprint density at radius 2 is 2.25 bits per heavy atom.